The number of hydrogen-bond acceptors (Lipinski definition) is 3. The fourth-order valence-electron chi connectivity index (χ4n) is 3.25. The molecule has 92 valence electrons. The van der Waals surface area contributed by atoms with Crippen LogP contribution in [0.1, 0.15) is 42.6 Å². The number of nitrogens with zero attached hydrogens (tertiary/aromatic N) is 2. The van der Waals surface area contributed by atoms with Crippen molar-refractivity contribution >= 4 is 5.78 Å². The summed E-state index contributed by atoms with van der Waals surface area (Å²) in [5.41, 5.74) is 0.601. The van der Waals surface area contributed by atoms with Crippen LogP contribution in [0, 0.1) is 5.92 Å². The second-order valence-electron chi connectivity index (χ2n) is 5.34. The third-order valence-electron chi connectivity index (χ3n) is 4.15. The van der Waals surface area contributed by atoms with E-state index < -0.39 is 0 Å². The van der Waals surface area contributed by atoms with E-state index in [9.17, 15) is 4.79 Å². The molecule has 1 saturated carbocycles. The topological polar surface area (TPSA) is 46.9 Å². The highest BCUT2D eigenvalue weighted by Gasteiger charge is 2.38. The normalized spacial score (nSPS) is 32.4. The number of Topliss-reactive ketones (excluding diaryl/α,β-unsaturated/α-hetero) is 1. The lowest BCUT2D eigenvalue weighted by Crippen LogP contribution is -2.37. The predicted octanol–water partition coefficient (Wildman–Crippen LogP) is 1.52. The summed E-state index contributed by atoms with van der Waals surface area (Å²) in [6.45, 7) is 0. The predicted molar refractivity (Wildman–Crippen MR) is 64.8 cm³/mol. The minimum absolute atomic E-state index is 0.00185. The summed E-state index contributed by atoms with van der Waals surface area (Å²) in [6, 6.07) is 2.38. The van der Waals surface area contributed by atoms with Crippen molar-refractivity contribution in [3.05, 3.63) is 18.0 Å². The summed E-state index contributed by atoms with van der Waals surface area (Å²) in [5, 5.41) is 7.70. The molecule has 1 aromatic rings. The van der Waals surface area contributed by atoms with Crippen LogP contribution in [0.2, 0.25) is 0 Å². The minimum atomic E-state index is -0.00185. The van der Waals surface area contributed by atoms with Gasteiger partial charge in [0.25, 0.3) is 0 Å². The third kappa shape index (κ3) is 2.02. The zero-order valence-electron chi connectivity index (χ0n) is 10.2. The first-order chi connectivity index (χ1) is 8.24. The van der Waals surface area contributed by atoms with Crippen LogP contribution in [-0.4, -0.2) is 27.6 Å². The highest BCUT2D eigenvalue weighted by atomic mass is 16.1. The van der Waals surface area contributed by atoms with Crippen LogP contribution in [0.15, 0.2) is 12.3 Å². The summed E-state index contributed by atoms with van der Waals surface area (Å²) in [5.74, 6) is 0.876. The molecule has 3 unspecified atom stereocenters. The Labute approximate surface area is 101 Å². The molecule has 2 fully saturated rings. The molecule has 0 amide bonds. The fraction of sp³-hybridized carbons (Fsp3) is 0.692. The Kier molecular flexibility index (Phi) is 2.74. The molecule has 4 heteroatoms. The summed E-state index contributed by atoms with van der Waals surface area (Å²) < 4.78 is 1.69. The van der Waals surface area contributed by atoms with E-state index in [-0.39, 0.29) is 11.8 Å². The Hall–Kier alpha value is -1.16. The molecular formula is C13H19N3O. The molecule has 1 N–H and O–H groups in total. The third-order valence-corrected chi connectivity index (χ3v) is 4.15. The molecule has 1 aromatic heterocycles. The molecule has 3 atom stereocenters. The van der Waals surface area contributed by atoms with E-state index in [1.807, 2.05) is 19.3 Å². The first-order valence-electron chi connectivity index (χ1n) is 6.54. The molecule has 1 aliphatic carbocycles. The summed E-state index contributed by atoms with van der Waals surface area (Å²) >= 11 is 0. The Balaban J connectivity index is 1.71. The Morgan fingerprint density at radius 2 is 2.29 bits per heavy atom. The number of aromatic nitrogens is 2. The van der Waals surface area contributed by atoms with Crippen molar-refractivity contribution in [1.29, 1.82) is 0 Å². The van der Waals surface area contributed by atoms with E-state index in [0.29, 0.717) is 17.7 Å². The number of rotatable bonds is 2. The molecule has 0 spiro atoms. The Morgan fingerprint density at radius 3 is 3.00 bits per heavy atom. The number of nitrogens with one attached hydrogen (secondary N) is 1. The maximum absolute atomic E-state index is 12.3. The Bertz CT molecular complexity index is 412. The average Bonchev–Trinajstić information content (AvgIpc) is 2.93. The molecule has 1 aliphatic heterocycles. The van der Waals surface area contributed by atoms with E-state index in [2.05, 4.69) is 10.4 Å². The number of carbonyl (C=O) groups excluding carboxylic acids is 1. The number of carbonyl (C=O) groups is 1. The SMILES string of the molecule is Cn1ccc(C(=O)C2CC3CCCCC3N2)n1. The maximum Gasteiger partial charge on any atom is 0.199 e. The van der Waals surface area contributed by atoms with Gasteiger partial charge >= 0.3 is 0 Å². The number of aryl methyl sites for hydroxylation is 1. The molecule has 2 aliphatic rings. The van der Waals surface area contributed by atoms with Crippen LogP contribution in [0.25, 0.3) is 0 Å². The molecule has 0 bridgehead atoms. The van der Waals surface area contributed by atoms with E-state index in [4.69, 9.17) is 0 Å². The number of fused-ring (bicyclic) bond motifs is 1. The van der Waals surface area contributed by atoms with Gasteiger partial charge in [0.1, 0.15) is 5.69 Å². The van der Waals surface area contributed by atoms with Crippen LogP contribution < -0.4 is 5.32 Å². The van der Waals surface area contributed by atoms with Crippen LogP contribution in [-0.2, 0) is 7.05 Å². The van der Waals surface area contributed by atoms with Crippen molar-refractivity contribution in [2.24, 2.45) is 13.0 Å². The van der Waals surface area contributed by atoms with Gasteiger partial charge in [-0.25, -0.2) is 0 Å². The highest BCUT2D eigenvalue weighted by Crippen LogP contribution is 2.33. The molecule has 2 heterocycles. The van der Waals surface area contributed by atoms with Crippen LogP contribution in [0.3, 0.4) is 0 Å². The zero-order chi connectivity index (χ0) is 11.8. The van der Waals surface area contributed by atoms with Crippen molar-refractivity contribution < 1.29 is 4.79 Å². The van der Waals surface area contributed by atoms with Gasteiger partial charge in [-0.15, -0.1) is 0 Å². The van der Waals surface area contributed by atoms with Gasteiger partial charge in [0, 0.05) is 19.3 Å². The van der Waals surface area contributed by atoms with Gasteiger partial charge in [-0.05, 0) is 31.2 Å². The van der Waals surface area contributed by atoms with Gasteiger partial charge in [-0.2, -0.15) is 5.10 Å². The van der Waals surface area contributed by atoms with Crippen molar-refractivity contribution in [3.8, 4) is 0 Å². The first kappa shape index (κ1) is 11.0. The second kappa shape index (κ2) is 4.26. The second-order valence-corrected chi connectivity index (χ2v) is 5.34. The van der Waals surface area contributed by atoms with Crippen LogP contribution >= 0.6 is 0 Å². The van der Waals surface area contributed by atoms with Crippen LogP contribution in [0.5, 0.6) is 0 Å². The smallest absolute Gasteiger partial charge is 0.199 e. The standard InChI is InChI=1S/C13H19N3O/c1-16-7-6-11(15-16)13(17)12-8-9-4-2-3-5-10(9)14-12/h6-7,9-10,12,14H,2-5,8H2,1H3. The number of hydrogen-bond donors (Lipinski definition) is 1. The number of ketones is 1. The van der Waals surface area contributed by atoms with Gasteiger partial charge in [0.15, 0.2) is 5.78 Å². The lowest BCUT2D eigenvalue weighted by molar-refractivity contribution is 0.0943. The van der Waals surface area contributed by atoms with Crippen molar-refractivity contribution in [1.82, 2.24) is 15.1 Å². The van der Waals surface area contributed by atoms with E-state index in [1.165, 1.54) is 25.7 Å². The van der Waals surface area contributed by atoms with Gasteiger partial charge < -0.3 is 5.32 Å². The highest BCUT2D eigenvalue weighted by molar-refractivity contribution is 5.98. The largest absolute Gasteiger partial charge is 0.304 e. The molecule has 4 nitrogen and oxygen atoms in total. The molecule has 1 saturated heterocycles. The molecule has 3 rings (SSSR count). The van der Waals surface area contributed by atoms with E-state index in [1.54, 1.807) is 4.68 Å². The Morgan fingerprint density at radius 1 is 1.47 bits per heavy atom. The van der Waals surface area contributed by atoms with Gasteiger partial charge in [-0.1, -0.05) is 12.8 Å². The molecule has 0 radical (unpaired) electrons. The lowest BCUT2D eigenvalue weighted by atomic mass is 9.85. The van der Waals surface area contributed by atoms with Crippen molar-refractivity contribution in [3.63, 3.8) is 0 Å². The summed E-state index contributed by atoms with van der Waals surface area (Å²) in [6.07, 6.45) is 7.97. The monoisotopic (exact) mass is 233 g/mol. The van der Waals surface area contributed by atoms with Gasteiger partial charge in [0.05, 0.1) is 6.04 Å². The average molecular weight is 233 g/mol. The summed E-state index contributed by atoms with van der Waals surface area (Å²) in [4.78, 5) is 12.3. The van der Waals surface area contributed by atoms with Gasteiger partial charge in [-0.3, -0.25) is 9.48 Å². The zero-order valence-corrected chi connectivity index (χ0v) is 10.2. The van der Waals surface area contributed by atoms with E-state index >= 15 is 0 Å². The van der Waals surface area contributed by atoms with Crippen LogP contribution in [0.4, 0.5) is 0 Å². The quantitative estimate of drug-likeness (QED) is 0.788. The summed E-state index contributed by atoms with van der Waals surface area (Å²) in [7, 11) is 1.85. The minimum Gasteiger partial charge on any atom is -0.304 e. The molecule has 0 aromatic carbocycles. The molecule has 17 heavy (non-hydrogen) atoms. The maximum atomic E-state index is 12.3. The molecular weight excluding hydrogens is 214 g/mol. The lowest BCUT2D eigenvalue weighted by Gasteiger charge is -2.24. The first-order valence-corrected chi connectivity index (χ1v) is 6.54. The van der Waals surface area contributed by atoms with Crippen molar-refractivity contribution in [2.45, 2.75) is 44.2 Å². The van der Waals surface area contributed by atoms with Crippen molar-refractivity contribution in [2.75, 3.05) is 0 Å². The van der Waals surface area contributed by atoms with Gasteiger partial charge in [0.2, 0.25) is 0 Å². The van der Waals surface area contributed by atoms with E-state index in [0.717, 1.165) is 6.42 Å². The fourth-order valence-corrected chi connectivity index (χ4v) is 3.25.